The van der Waals surface area contributed by atoms with Gasteiger partial charge in [-0.15, -0.1) is 12.4 Å². The number of hydrogen-bond acceptors (Lipinski definition) is 3. The zero-order chi connectivity index (χ0) is 11.7. The standard InChI is InChI=1S/C11H24N2OS.ClH/c1-4-7-13(8-5-2)11(14)10(12)6-9-15-3;/h10H,4-9,12H2,1-3H3;1H/t10-;/m0./s1. The summed E-state index contributed by atoms with van der Waals surface area (Å²) in [7, 11) is 0. The van der Waals surface area contributed by atoms with Gasteiger partial charge < -0.3 is 10.6 Å². The van der Waals surface area contributed by atoms with Crippen LogP contribution in [0.1, 0.15) is 33.1 Å². The second kappa shape index (κ2) is 11.6. The molecule has 0 heterocycles. The molecule has 5 heteroatoms. The van der Waals surface area contributed by atoms with Crippen molar-refractivity contribution in [2.24, 2.45) is 5.73 Å². The summed E-state index contributed by atoms with van der Waals surface area (Å²) in [5.41, 5.74) is 5.86. The zero-order valence-electron chi connectivity index (χ0n) is 10.6. The molecule has 0 saturated carbocycles. The Hall–Kier alpha value is 0.0700. The minimum atomic E-state index is -0.310. The predicted molar refractivity (Wildman–Crippen MR) is 75.4 cm³/mol. The van der Waals surface area contributed by atoms with Crippen molar-refractivity contribution in [3.8, 4) is 0 Å². The van der Waals surface area contributed by atoms with Gasteiger partial charge in [0.05, 0.1) is 6.04 Å². The first-order valence-electron chi connectivity index (χ1n) is 5.70. The number of nitrogens with zero attached hydrogens (tertiary/aromatic N) is 1. The molecular formula is C11H25ClN2OS. The fourth-order valence-electron chi connectivity index (χ4n) is 1.47. The molecular weight excluding hydrogens is 244 g/mol. The normalized spacial score (nSPS) is 11.8. The highest BCUT2D eigenvalue weighted by atomic mass is 35.5. The molecule has 0 radical (unpaired) electrons. The van der Waals surface area contributed by atoms with Gasteiger partial charge in [0.15, 0.2) is 0 Å². The van der Waals surface area contributed by atoms with E-state index in [1.54, 1.807) is 11.8 Å². The van der Waals surface area contributed by atoms with Crippen LogP contribution in [0.25, 0.3) is 0 Å². The largest absolute Gasteiger partial charge is 0.341 e. The fourth-order valence-corrected chi connectivity index (χ4v) is 1.96. The minimum Gasteiger partial charge on any atom is -0.341 e. The number of halogens is 1. The van der Waals surface area contributed by atoms with Gasteiger partial charge in [0.1, 0.15) is 0 Å². The lowest BCUT2D eigenvalue weighted by atomic mass is 10.2. The molecule has 0 aromatic rings. The van der Waals surface area contributed by atoms with Crippen LogP contribution < -0.4 is 5.73 Å². The third-order valence-electron chi connectivity index (χ3n) is 2.25. The summed E-state index contributed by atoms with van der Waals surface area (Å²) in [5.74, 6) is 1.08. The lowest BCUT2D eigenvalue weighted by Gasteiger charge is -2.24. The Kier molecular flexibility index (Phi) is 13.3. The van der Waals surface area contributed by atoms with Crippen LogP contribution in [0.2, 0.25) is 0 Å². The molecule has 16 heavy (non-hydrogen) atoms. The van der Waals surface area contributed by atoms with Crippen LogP contribution >= 0.6 is 24.2 Å². The summed E-state index contributed by atoms with van der Waals surface area (Å²) in [6.07, 6.45) is 4.82. The molecule has 0 aromatic carbocycles. The lowest BCUT2D eigenvalue weighted by Crippen LogP contribution is -2.44. The summed E-state index contributed by atoms with van der Waals surface area (Å²) in [6, 6.07) is -0.310. The molecule has 0 spiro atoms. The first-order chi connectivity index (χ1) is 7.17. The van der Waals surface area contributed by atoms with Gasteiger partial charge in [-0.25, -0.2) is 0 Å². The van der Waals surface area contributed by atoms with Crippen molar-refractivity contribution < 1.29 is 4.79 Å². The number of rotatable bonds is 8. The van der Waals surface area contributed by atoms with E-state index < -0.39 is 0 Å². The van der Waals surface area contributed by atoms with Crippen molar-refractivity contribution >= 4 is 30.1 Å². The van der Waals surface area contributed by atoms with Crippen LogP contribution in [-0.2, 0) is 4.79 Å². The van der Waals surface area contributed by atoms with Gasteiger partial charge in [0.2, 0.25) is 5.91 Å². The highest BCUT2D eigenvalue weighted by Gasteiger charge is 2.18. The van der Waals surface area contributed by atoms with E-state index in [0.717, 1.165) is 38.1 Å². The lowest BCUT2D eigenvalue weighted by molar-refractivity contribution is -0.132. The molecule has 0 aliphatic carbocycles. The van der Waals surface area contributed by atoms with Crippen molar-refractivity contribution in [3.63, 3.8) is 0 Å². The Morgan fingerprint density at radius 3 is 2.19 bits per heavy atom. The van der Waals surface area contributed by atoms with Gasteiger partial charge >= 0.3 is 0 Å². The van der Waals surface area contributed by atoms with E-state index in [4.69, 9.17) is 5.73 Å². The van der Waals surface area contributed by atoms with E-state index in [9.17, 15) is 4.79 Å². The van der Waals surface area contributed by atoms with Crippen molar-refractivity contribution in [1.29, 1.82) is 0 Å². The van der Waals surface area contributed by atoms with Gasteiger partial charge in [-0.05, 0) is 31.3 Å². The van der Waals surface area contributed by atoms with E-state index in [1.807, 2.05) is 11.2 Å². The predicted octanol–water partition coefficient (Wildman–Crippen LogP) is 2.14. The van der Waals surface area contributed by atoms with Crippen LogP contribution in [0.15, 0.2) is 0 Å². The van der Waals surface area contributed by atoms with E-state index in [-0.39, 0.29) is 24.4 Å². The Balaban J connectivity index is 0. The molecule has 0 rings (SSSR count). The Morgan fingerprint density at radius 2 is 1.81 bits per heavy atom. The van der Waals surface area contributed by atoms with Crippen molar-refractivity contribution in [2.45, 2.75) is 39.2 Å². The molecule has 0 aromatic heterocycles. The average Bonchev–Trinajstić information content (AvgIpc) is 2.24. The van der Waals surface area contributed by atoms with E-state index in [0.29, 0.717) is 0 Å². The summed E-state index contributed by atoms with van der Waals surface area (Å²) in [5, 5.41) is 0. The van der Waals surface area contributed by atoms with Crippen molar-refractivity contribution in [1.82, 2.24) is 4.90 Å². The molecule has 0 unspecified atom stereocenters. The topological polar surface area (TPSA) is 46.3 Å². The van der Waals surface area contributed by atoms with E-state index >= 15 is 0 Å². The van der Waals surface area contributed by atoms with Gasteiger partial charge in [-0.1, -0.05) is 13.8 Å². The van der Waals surface area contributed by atoms with Crippen molar-refractivity contribution in [2.75, 3.05) is 25.1 Å². The third kappa shape index (κ3) is 7.36. The first kappa shape index (κ1) is 18.4. The van der Waals surface area contributed by atoms with Crippen LogP contribution in [0.3, 0.4) is 0 Å². The Bertz CT molecular complexity index is 175. The maximum Gasteiger partial charge on any atom is 0.239 e. The number of carbonyl (C=O) groups is 1. The molecule has 0 fully saturated rings. The quantitative estimate of drug-likeness (QED) is 0.734. The van der Waals surface area contributed by atoms with Crippen LogP contribution in [-0.4, -0.2) is 41.9 Å². The van der Waals surface area contributed by atoms with Gasteiger partial charge in [-0.2, -0.15) is 11.8 Å². The summed E-state index contributed by atoms with van der Waals surface area (Å²) >= 11 is 1.74. The zero-order valence-corrected chi connectivity index (χ0v) is 12.2. The maximum atomic E-state index is 11.9. The highest BCUT2D eigenvalue weighted by molar-refractivity contribution is 7.98. The number of carbonyl (C=O) groups excluding carboxylic acids is 1. The minimum absolute atomic E-state index is 0. The van der Waals surface area contributed by atoms with E-state index in [1.165, 1.54) is 0 Å². The number of thioether (sulfide) groups is 1. The highest BCUT2D eigenvalue weighted by Crippen LogP contribution is 2.04. The van der Waals surface area contributed by atoms with Gasteiger partial charge in [0, 0.05) is 13.1 Å². The number of nitrogens with two attached hydrogens (primary N) is 1. The third-order valence-corrected chi connectivity index (χ3v) is 2.89. The van der Waals surface area contributed by atoms with Crippen LogP contribution in [0.5, 0.6) is 0 Å². The van der Waals surface area contributed by atoms with Gasteiger partial charge in [0.25, 0.3) is 0 Å². The van der Waals surface area contributed by atoms with Gasteiger partial charge in [-0.3, -0.25) is 4.79 Å². The summed E-state index contributed by atoms with van der Waals surface area (Å²) in [4.78, 5) is 13.8. The smallest absolute Gasteiger partial charge is 0.239 e. The SMILES string of the molecule is CCCN(CCC)C(=O)[C@@H](N)CCSC.Cl. The maximum absolute atomic E-state index is 11.9. The molecule has 1 amide bonds. The second-order valence-corrected chi connectivity index (χ2v) is 4.70. The van der Waals surface area contributed by atoms with Crippen molar-refractivity contribution in [3.05, 3.63) is 0 Å². The first-order valence-corrected chi connectivity index (χ1v) is 7.10. The molecule has 98 valence electrons. The monoisotopic (exact) mass is 268 g/mol. The average molecular weight is 269 g/mol. The summed E-state index contributed by atoms with van der Waals surface area (Å²) in [6.45, 7) is 5.84. The molecule has 0 aliphatic rings. The second-order valence-electron chi connectivity index (χ2n) is 3.71. The molecule has 1 atom stereocenters. The van der Waals surface area contributed by atoms with E-state index in [2.05, 4.69) is 13.8 Å². The molecule has 3 nitrogen and oxygen atoms in total. The fraction of sp³-hybridized carbons (Fsp3) is 0.909. The summed E-state index contributed by atoms with van der Waals surface area (Å²) < 4.78 is 0. The molecule has 0 bridgehead atoms. The Morgan fingerprint density at radius 1 is 1.31 bits per heavy atom. The number of amides is 1. The number of hydrogen-bond donors (Lipinski definition) is 1. The molecule has 0 saturated heterocycles. The van der Waals surface area contributed by atoms with Crippen LogP contribution in [0.4, 0.5) is 0 Å². The van der Waals surface area contributed by atoms with Crippen LogP contribution in [0, 0.1) is 0 Å². The molecule has 2 N–H and O–H groups in total. The Labute approximate surface area is 110 Å². The molecule has 0 aliphatic heterocycles.